The van der Waals surface area contributed by atoms with Gasteiger partial charge in [0, 0.05) is 57.0 Å². The molecule has 3 aromatic heterocycles. The summed E-state index contributed by atoms with van der Waals surface area (Å²) >= 11 is 3.69. The van der Waals surface area contributed by atoms with Gasteiger partial charge in [0.2, 0.25) is 0 Å². The van der Waals surface area contributed by atoms with Gasteiger partial charge in [-0.3, -0.25) is 0 Å². The molecule has 5 heteroatoms. The second kappa shape index (κ2) is 15.2. The fourth-order valence-corrected chi connectivity index (χ4v) is 11.3. The van der Waals surface area contributed by atoms with E-state index in [0.29, 0.717) is 17.5 Å². The Hall–Kier alpha value is -7.57. The molecule has 0 saturated carbocycles. The van der Waals surface area contributed by atoms with E-state index in [4.69, 9.17) is 15.0 Å². The summed E-state index contributed by atoms with van der Waals surface area (Å²) in [6.07, 6.45) is 0. The van der Waals surface area contributed by atoms with Crippen molar-refractivity contribution in [2.45, 2.75) is 0 Å². The van der Waals surface area contributed by atoms with Crippen molar-refractivity contribution in [2.24, 2.45) is 0 Å². The van der Waals surface area contributed by atoms with E-state index in [1.807, 2.05) is 40.9 Å². The number of nitrogens with zero attached hydrogens (tertiary/aromatic N) is 3. The van der Waals surface area contributed by atoms with Crippen LogP contribution in [-0.2, 0) is 0 Å². The third-order valence-electron chi connectivity index (χ3n) is 11.8. The molecule has 0 bridgehead atoms. The molecule has 0 unspecified atom stereocenters. The monoisotopic (exact) mass is 825 g/mol. The molecule has 0 spiro atoms. The van der Waals surface area contributed by atoms with E-state index in [1.165, 1.54) is 84.9 Å². The van der Waals surface area contributed by atoms with Gasteiger partial charge >= 0.3 is 0 Å². The van der Waals surface area contributed by atoms with E-state index in [1.54, 1.807) is 0 Å². The van der Waals surface area contributed by atoms with E-state index in [-0.39, 0.29) is 0 Å². The quantitative estimate of drug-likeness (QED) is 0.161. The van der Waals surface area contributed by atoms with Crippen molar-refractivity contribution in [3.8, 4) is 78.7 Å². The topological polar surface area (TPSA) is 38.7 Å². The van der Waals surface area contributed by atoms with E-state index in [0.717, 1.165) is 16.7 Å². The fraction of sp³-hybridized carbons (Fsp3) is 0. The summed E-state index contributed by atoms with van der Waals surface area (Å²) in [5, 5.41) is 4.87. The van der Waals surface area contributed by atoms with Crippen molar-refractivity contribution in [1.82, 2.24) is 15.0 Å². The Morgan fingerprint density at radius 2 is 0.565 bits per heavy atom. The zero-order valence-corrected chi connectivity index (χ0v) is 35.0. The lowest BCUT2D eigenvalue weighted by molar-refractivity contribution is 1.08. The number of fused-ring (bicyclic) bond motifs is 6. The van der Waals surface area contributed by atoms with Crippen LogP contribution in [0.5, 0.6) is 0 Å². The van der Waals surface area contributed by atoms with Crippen LogP contribution < -0.4 is 0 Å². The van der Waals surface area contributed by atoms with Gasteiger partial charge in [0.25, 0.3) is 0 Å². The number of benzene rings is 9. The molecule has 0 radical (unpaired) electrons. The molecular formula is C57H35N3S2. The molecule has 0 fully saturated rings. The second-order valence-corrected chi connectivity index (χ2v) is 17.6. The molecule has 0 saturated heterocycles. The van der Waals surface area contributed by atoms with Gasteiger partial charge in [0.1, 0.15) is 0 Å². The van der Waals surface area contributed by atoms with E-state index >= 15 is 0 Å². The molecule has 0 amide bonds. The largest absolute Gasteiger partial charge is 0.208 e. The van der Waals surface area contributed by atoms with Crippen LogP contribution in [0.15, 0.2) is 212 Å². The molecule has 12 rings (SSSR count). The van der Waals surface area contributed by atoms with E-state index < -0.39 is 0 Å². The Balaban J connectivity index is 1.07. The summed E-state index contributed by atoms with van der Waals surface area (Å²) in [5.74, 6) is 1.92. The third-order valence-corrected chi connectivity index (χ3v) is 14.2. The van der Waals surface area contributed by atoms with E-state index in [2.05, 4.69) is 194 Å². The van der Waals surface area contributed by atoms with Crippen LogP contribution in [-0.4, -0.2) is 15.0 Å². The minimum absolute atomic E-state index is 0.641. The average molecular weight is 826 g/mol. The minimum Gasteiger partial charge on any atom is -0.208 e. The summed E-state index contributed by atoms with van der Waals surface area (Å²) in [4.78, 5) is 15.7. The van der Waals surface area contributed by atoms with Crippen LogP contribution in [0, 0.1) is 0 Å². The summed E-state index contributed by atoms with van der Waals surface area (Å²) in [6, 6.07) is 75.6. The first kappa shape index (κ1) is 36.3. The summed E-state index contributed by atoms with van der Waals surface area (Å²) in [7, 11) is 0. The lowest BCUT2D eigenvalue weighted by Crippen LogP contribution is -2.00. The van der Waals surface area contributed by atoms with Crippen LogP contribution in [0.2, 0.25) is 0 Å². The molecule has 3 heterocycles. The molecule has 3 nitrogen and oxygen atoms in total. The second-order valence-electron chi connectivity index (χ2n) is 15.5. The SMILES string of the molecule is c1ccc(-c2nc(-c3ccc4sc5c(-c6ccccc6)ccc(-c6ccccc6)c5c4c3)nc(-c3ccc4sc5c(-c6ccccc6)ccc(-c6ccccc6)c5c4c3)n2)cc1. The Morgan fingerprint density at radius 1 is 0.258 bits per heavy atom. The van der Waals surface area contributed by atoms with Crippen LogP contribution in [0.1, 0.15) is 0 Å². The van der Waals surface area contributed by atoms with Gasteiger partial charge < -0.3 is 0 Å². The third kappa shape index (κ3) is 6.29. The van der Waals surface area contributed by atoms with Crippen molar-refractivity contribution < 1.29 is 0 Å². The molecule has 62 heavy (non-hydrogen) atoms. The molecule has 0 N–H and O–H groups in total. The van der Waals surface area contributed by atoms with Gasteiger partial charge in [-0.15, -0.1) is 22.7 Å². The number of aromatic nitrogens is 3. The molecule has 0 aliphatic heterocycles. The van der Waals surface area contributed by atoms with Gasteiger partial charge in [-0.1, -0.05) is 176 Å². The summed E-state index contributed by atoms with van der Waals surface area (Å²) in [5.41, 5.74) is 12.5. The first-order valence-electron chi connectivity index (χ1n) is 20.8. The number of hydrogen-bond acceptors (Lipinski definition) is 5. The smallest absolute Gasteiger partial charge is 0.164 e. The van der Waals surface area contributed by atoms with Crippen LogP contribution in [0.25, 0.3) is 119 Å². The first-order chi connectivity index (χ1) is 30.7. The fourth-order valence-electron chi connectivity index (χ4n) is 8.80. The van der Waals surface area contributed by atoms with Gasteiger partial charge in [-0.2, -0.15) is 0 Å². The highest BCUT2D eigenvalue weighted by atomic mass is 32.1. The maximum atomic E-state index is 5.32. The summed E-state index contributed by atoms with van der Waals surface area (Å²) < 4.78 is 4.99. The predicted molar refractivity (Wildman–Crippen MR) is 264 cm³/mol. The molecule has 0 atom stereocenters. The first-order valence-corrected chi connectivity index (χ1v) is 22.4. The Bertz CT molecular complexity index is 3380. The van der Waals surface area contributed by atoms with E-state index in [9.17, 15) is 0 Å². The Labute approximate surface area is 366 Å². The zero-order valence-electron chi connectivity index (χ0n) is 33.4. The van der Waals surface area contributed by atoms with Gasteiger partial charge in [-0.25, -0.2) is 15.0 Å². The van der Waals surface area contributed by atoms with Crippen LogP contribution in [0.3, 0.4) is 0 Å². The average Bonchev–Trinajstić information content (AvgIpc) is 3.94. The highest BCUT2D eigenvalue weighted by Crippen LogP contribution is 2.47. The van der Waals surface area contributed by atoms with Gasteiger partial charge in [-0.05, 0) is 80.9 Å². The number of hydrogen-bond donors (Lipinski definition) is 0. The standard InChI is InChI=1S/C57H35N3S2/c1-6-16-36(17-7-1)43-28-30-45(38-20-10-3-11-21-38)53-51(43)47-34-41(26-32-49(47)61-53)56-58-55(40-24-14-5-15-25-40)59-57(60-56)42-27-33-50-48(35-42)52-44(37-18-8-2-9-19-37)29-31-46(54(52)62-50)39-22-12-4-13-23-39/h1-35H. The van der Waals surface area contributed by atoms with Crippen molar-refractivity contribution >= 4 is 63.0 Å². The number of rotatable bonds is 7. The molecule has 290 valence electrons. The Kier molecular flexibility index (Phi) is 8.87. The molecular weight excluding hydrogens is 791 g/mol. The zero-order chi connectivity index (χ0) is 41.0. The molecule has 0 aliphatic carbocycles. The molecule has 0 aliphatic rings. The maximum Gasteiger partial charge on any atom is 0.164 e. The molecule has 12 aromatic rings. The van der Waals surface area contributed by atoms with Crippen LogP contribution in [0.4, 0.5) is 0 Å². The Morgan fingerprint density at radius 3 is 0.935 bits per heavy atom. The van der Waals surface area contributed by atoms with Crippen molar-refractivity contribution in [3.63, 3.8) is 0 Å². The summed E-state index contributed by atoms with van der Waals surface area (Å²) in [6.45, 7) is 0. The minimum atomic E-state index is 0.641. The lowest BCUT2D eigenvalue weighted by atomic mass is 9.94. The van der Waals surface area contributed by atoms with Crippen molar-refractivity contribution in [3.05, 3.63) is 212 Å². The van der Waals surface area contributed by atoms with Crippen molar-refractivity contribution in [2.75, 3.05) is 0 Å². The normalized spacial score (nSPS) is 11.5. The van der Waals surface area contributed by atoms with Crippen LogP contribution >= 0.6 is 22.7 Å². The molecule has 9 aromatic carbocycles. The highest BCUT2D eigenvalue weighted by molar-refractivity contribution is 7.27. The van der Waals surface area contributed by atoms with Crippen molar-refractivity contribution in [1.29, 1.82) is 0 Å². The highest BCUT2D eigenvalue weighted by Gasteiger charge is 2.20. The number of thiophene rings is 2. The predicted octanol–water partition coefficient (Wildman–Crippen LogP) is 16.3. The van der Waals surface area contributed by atoms with Gasteiger partial charge in [0.15, 0.2) is 17.5 Å². The van der Waals surface area contributed by atoms with Gasteiger partial charge in [0.05, 0.1) is 0 Å². The maximum absolute atomic E-state index is 5.32. The lowest BCUT2D eigenvalue weighted by Gasteiger charge is -2.11.